The van der Waals surface area contributed by atoms with Crippen molar-refractivity contribution in [2.75, 3.05) is 13.6 Å². The van der Waals surface area contributed by atoms with E-state index in [0.29, 0.717) is 0 Å². The number of pyridine rings is 1. The minimum absolute atomic E-state index is 0.0222. The molecule has 2 amide bonds. The number of rotatable bonds is 3. The molecule has 0 radical (unpaired) electrons. The number of amides is 2. The first-order valence-corrected chi connectivity index (χ1v) is 5.88. The number of carbonyl (C=O) groups excluding carboxylic acids is 2. The fourth-order valence-electron chi connectivity index (χ4n) is 1.47. The largest absolute Gasteiger partial charge is 0.350 e. The van der Waals surface area contributed by atoms with Crippen LogP contribution in [0, 0.1) is 5.95 Å². The SMILES string of the molecule is CN(CC(=O)NC(C)(C)C)C(=O)c1cccc(F)n1. The second kappa shape index (κ2) is 5.77. The Kier molecular flexibility index (Phi) is 4.58. The van der Waals surface area contributed by atoms with Gasteiger partial charge in [-0.05, 0) is 32.9 Å². The van der Waals surface area contributed by atoms with E-state index in [1.165, 1.54) is 24.1 Å². The van der Waals surface area contributed by atoms with Crippen molar-refractivity contribution in [2.45, 2.75) is 26.3 Å². The van der Waals surface area contributed by atoms with Crippen LogP contribution in [-0.4, -0.2) is 40.8 Å². The number of nitrogens with one attached hydrogen (secondary N) is 1. The Morgan fingerprint density at radius 3 is 2.53 bits per heavy atom. The van der Waals surface area contributed by atoms with Crippen LogP contribution in [0.4, 0.5) is 4.39 Å². The van der Waals surface area contributed by atoms with Crippen molar-refractivity contribution in [3.05, 3.63) is 29.8 Å². The first-order valence-electron chi connectivity index (χ1n) is 5.88. The van der Waals surface area contributed by atoms with Crippen LogP contribution in [-0.2, 0) is 4.79 Å². The summed E-state index contributed by atoms with van der Waals surface area (Å²) in [6, 6.07) is 3.96. The maximum Gasteiger partial charge on any atom is 0.272 e. The number of hydrogen-bond donors (Lipinski definition) is 1. The van der Waals surface area contributed by atoms with Gasteiger partial charge in [0.2, 0.25) is 11.9 Å². The fourth-order valence-corrected chi connectivity index (χ4v) is 1.47. The summed E-state index contributed by atoms with van der Waals surface area (Å²) in [6.45, 7) is 5.44. The van der Waals surface area contributed by atoms with Crippen molar-refractivity contribution in [1.29, 1.82) is 0 Å². The van der Waals surface area contributed by atoms with E-state index in [2.05, 4.69) is 10.3 Å². The molecular formula is C13H18FN3O2. The molecule has 104 valence electrons. The minimum atomic E-state index is -0.724. The van der Waals surface area contributed by atoms with Gasteiger partial charge in [0, 0.05) is 12.6 Å². The fraction of sp³-hybridized carbons (Fsp3) is 0.462. The molecule has 0 fully saturated rings. The summed E-state index contributed by atoms with van der Waals surface area (Å²) < 4.78 is 12.9. The number of likely N-dealkylation sites (N-methyl/N-ethyl adjacent to an activating group) is 1. The highest BCUT2D eigenvalue weighted by Crippen LogP contribution is 2.03. The topological polar surface area (TPSA) is 62.3 Å². The number of halogens is 1. The first-order chi connectivity index (χ1) is 8.69. The predicted molar refractivity (Wildman–Crippen MR) is 69.1 cm³/mol. The van der Waals surface area contributed by atoms with Crippen LogP contribution >= 0.6 is 0 Å². The van der Waals surface area contributed by atoms with Gasteiger partial charge in [-0.3, -0.25) is 9.59 Å². The lowest BCUT2D eigenvalue weighted by atomic mass is 10.1. The monoisotopic (exact) mass is 267 g/mol. The summed E-state index contributed by atoms with van der Waals surface area (Å²) in [6.07, 6.45) is 0. The summed E-state index contributed by atoms with van der Waals surface area (Å²) in [5.74, 6) is -1.50. The maximum atomic E-state index is 12.9. The summed E-state index contributed by atoms with van der Waals surface area (Å²) in [5.41, 5.74) is -0.385. The molecule has 0 aliphatic heterocycles. The van der Waals surface area contributed by atoms with Gasteiger partial charge in [-0.1, -0.05) is 6.07 Å². The van der Waals surface area contributed by atoms with Crippen molar-refractivity contribution in [3.63, 3.8) is 0 Å². The van der Waals surface area contributed by atoms with Crippen molar-refractivity contribution >= 4 is 11.8 Å². The Morgan fingerprint density at radius 1 is 1.37 bits per heavy atom. The smallest absolute Gasteiger partial charge is 0.272 e. The first kappa shape index (κ1) is 15.1. The van der Waals surface area contributed by atoms with Gasteiger partial charge in [0.25, 0.3) is 5.91 Å². The third-order valence-electron chi connectivity index (χ3n) is 2.18. The zero-order valence-corrected chi connectivity index (χ0v) is 11.5. The molecule has 0 bridgehead atoms. The number of hydrogen-bond acceptors (Lipinski definition) is 3. The average molecular weight is 267 g/mol. The van der Waals surface area contributed by atoms with Crippen LogP contribution < -0.4 is 5.32 Å². The maximum absolute atomic E-state index is 12.9. The normalized spacial score (nSPS) is 11.0. The molecule has 0 aromatic carbocycles. The molecule has 0 saturated carbocycles. The molecule has 0 aliphatic rings. The standard InChI is InChI=1S/C13H18FN3O2/c1-13(2,3)16-11(18)8-17(4)12(19)9-6-5-7-10(14)15-9/h5-7H,8H2,1-4H3,(H,16,18). The van der Waals surface area contributed by atoms with Crippen molar-refractivity contribution in [1.82, 2.24) is 15.2 Å². The van der Waals surface area contributed by atoms with Gasteiger partial charge in [0.1, 0.15) is 5.69 Å². The zero-order valence-electron chi connectivity index (χ0n) is 11.5. The van der Waals surface area contributed by atoms with Gasteiger partial charge >= 0.3 is 0 Å². The minimum Gasteiger partial charge on any atom is -0.350 e. The van der Waals surface area contributed by atoms with E-state index < -0.39 is 11.9 Å². The van der Waals surface area contributed by atoms with Gasteiger partial charge in [0.05, 0.1) is 6.54 Å². The molecule has 1 aromatic rings. The van der Waals surface area contributed by atoms with E-state index in [9.17, 15) is 14.0 Å². The molecule has 6 heteroatoms. The Hall–Kier alpha value is -1.98. The van der Waals surface area contributed by atoms with Crippen LogP contribution in [0.3, 0.4) is 0 Å². The molecule has 0 spiro atoms. The summed E-state index contributed by atoms with van der Waals surface area (Å²) in [4.78, 5) is 28.3. The Morgan fingerprint density at radius 2 is 2.00 bits per heavy atom. The van der Waals surface area contributed by atoms with Gasteiger partial charge in [-0.15, -0.1) is 0 Å². The van der Waals surface area contributed by atoms with Gasteiger partial charge in [0.15, 0.2) is 0 Å². The summed E-state index contributed by atoms with van der Waals surface area (Å²) >= 11 is 0. The van der Waals surface area contributed by atoms with E-state index >= 15 is 0 Å². The lowest BCUT2D eigenvalue weighted by molar-refractivity contribution is -0.122. The molecule has 0 saturated heterocycles. The molecular weight excluding hydrogens is 249 g/mol. The van der Waals surface area contributed by atoms with Crippen molar-refractivity contribution < 1.29 is 14.0 Å². The van der Waals surface area contributed by atoms with Gasteiger partial charge in [-0.2, -0.15) is 4.39 Å². The highest BCUT2D eigenvalue weighted by Gasteiger charge is 2.19. The highest BCUT2D eigenvalue weighted by atomic mass is 19.1. The van der Waals surface area contributed by atoms with Crippen LogP contribution in [0.2, 0.25) is 0 Å². The number of carbonyl (C=O) groups is 2. The van der Waals surface area contributed by atoms with E-state index in [1.54, 1.807) is 0 Å². The molecule has 1 aromatic heterocycles. The quantitative estimate of drug-likeness (QED) is 0.837. The average Bonchev–Trinajstić information content (AvgIpc) is 2.25. The Bertz CT molecular complexity index is 483. The van der Waals surface area contributed by atoms with Crippen LogP contribution in [0.5, 0.6) is 0 Å². The summed E-state index contributed by atoms with van der Waals surface area (Å²) in [5, 5.41) is 2.74. The third kappa shape index (κ3) is 5.03. The number of aromatic nitrogens is 1. The van der Waals surface area contributed by atoms with Crippen molar-refractivity contribution in [3.8, 4) is 0 Å². The van der Waals surface area contributed by atoms with Gasteiger partial charge < -0.3 is 10.2 Å². The molecule has 1 rings (SSSR count). The summed E-state index contributed by atoms with van der Waals surface area (Å²) in [7, 11) is 1.47. The Balaban J connectivity index is 2.66. The molecule has 19 heavy (non-hydrogen) atoms. The van der Waals surface area contributed by atoms with Gasteiger partial charge in [-0.25, -0.2) is 4.98 Å². The van der Waals surface area contributed by atoms with E-state index in [4.69, 9.17) is 0 Å². The van der Waals surface area contributed by atoms with Crippen LogP contribution in [0.15, 0.2) is 18.2 Å². The van der Waals surface area contributed by atoms with Crippen LogP contribution in [0.1, 0.15) is 31.3 Å². The molecule has 0 aliphatic carbocycles. The lowest BCUT2D eigenvalue weighted by Crippen LogP contribution is -2.46. The number of nitrogens with zero attached hydrogens (tertiary/aromatic N) is 2. The third-order valence-corrected chi connectivity index (χ3v) is 2.18. The Labute approximate surface area is 111 Å². The van der Waals surface area contributed by atoms with E-state index in [1.807, 2.05) is 20.8 Å². The second-order valence-corrected chi connectivity index (χ2v) is 5.30. The molecule has 5 nitrogen and oxygen atoms in total. The van der Waals surface area contributed by atoms with E-state index in [0.717, 1.165) is 6.07 Å². The molecule has 0 unspecified atom stereocenters. The molecule has 1 heterocycles. The van der Waals surface area contributed by atoms with Crippen molar-refractivity contribution in [2.24, 2.45) is 0 Å². The molecule has 0 atom stereocenters. The zero-order chi connectivity index (χ0) is 14.6. The lowest BCUT2D eigenvalue weighted by Gasteiger charge is -2.23. The second-order valence-electron chi connectivity index (χ2n) is 5.30. The predicted octanol–water partition coefficient (Wildman–Crippen LogP) is 1.21. The molecule has 1 N–H and O–H groups in total. The van der Waals surface area contributed by atoms with E-state index in [-0.39, 0.29) is 23.7 Å². The van der Waals surface area contributed by atoms with Crippen LogP contribution in [0.25, 0.3) is 0 Å². The highest BCUT2D eigenvalue weighted by molar-refractivity contribution is 5.94.